The Morgan fingerprint density at radius 1 is 1.38 bits per heavy atom. The summed E-state index contributed by atoms with van der Waals surface area (Å²) in [5.74, 6) is 0. The molecule has 2 bridgehead atoms. The standard InChI is InChI=1S/C11H15ClN2OS/c12-8-1-6-16-11(8)10(15)9-7-13-2-4-14(9)5-3-13/h1,6,9-10,15H,2-5,7H2. The topological polar surface area (TPSA) is 26.7 Å². The highest BCUT2D eigenvalue weighted by Crippen LogP contribution is 2.34. The maximum atomic E-state index is 10.4. The lowest BCUT2D eigenvalue weighted by atomic mass is 10.0. The first-order chi connectivity index (χ1) is 7.75. The van der Waals surface area contributed by atoms with Crippen molar-refractivity contribution in [1.82, 2.24) is 9.80 Å². The molecule has 0 amide bonds. The van der Waals surface area contributed by atoms with Crippen LogP contribution in [-0.4, -0.2) is 53.7 Å². The minimum Gasteiger partial charge on any atom is -0.386 e. The predicted molar refractivity (Wildman–Crippen MR) is 66.1 cm³/mol. The minimum absolute atomic E-state index is 0.221. The quantitative estimate of drug-likeness (QED) is 0.870. The molecule has 1 aromatic rings. The van der Waals surface area contributed by atoms with Crippen molar-refractivity contribution in [1.29, 1.82) is 0 Å². The smallest absolute Gasteiger partial charge is 0.106 e. The lowest BCUT2D eigenvalue weighted by Crippen LogP contribution is -2.62. The molecule has 0 radical (unpaired) electrons. The van der Waals surface area contributed by atoms with Crippen LogP contribution < -0.4 is 0 Å². The predicted octanol–water partition coefficient (Wildman–Crippen LogP) is 1.43. The average molecular weight is 259 g/mol. The molecule has 3 nitrogen and oxygen atoms in total. The maximum Gasteiger partial charge on any atom is 0.106 e. The molecular formula is C11H15ClN2OS. The highest BCUT2D eigenvalue weighted by atomic mass is 35.5. The summed E-state index contributed by atoms with van der Waals surface area (Å²) in [7, 11) is 0. The largest absolute Gasteiger partial charge is 0.386 e. The van der Waals surface area contributed by atoms with Crippen LogP contribution in [0.5, 0.6) is 0 Å². The molecule has 2 unspecified atom stereocenters. The lowest BCUT2D eigenvalue weighted by Gasteiger charge is -2.48. The molecule has 3 aliphatic heterocycles. The van der Waals surface area contributed by atoms with Crippen LogP contribution in [0.4, 0.5) is 0 Å². The van der Waals surface area contributed by atoms with E-state index in [0.29, 0.717) is 5.02 Å². The number of nitrogens with zero attached hydrogens (tertiary/aromatic N) is 2. The van der Waals surface area contributed by atoms with Crippen LogP contribution >= 0.6 is 22.9 Å². The zero-order valence-electron chi connectivity index (χ0n) is 8.97. The second-order valence-electron chi connectivity index (χ2n) is 4.48. The van der Waals surface area contributed by atoms with Crippen molar-refractivity contribution in [2.75, 3.05) is 32.7 Å². The van der Waals surface area contributed by atoms with Gasteiger partial charge >= 0.3 is 0 Å². The summed E-state index contributed by atoms with van der Waals surface area (Å²) in [6.07, 6.45) is -0.435. The minimum atomic E-state index is -0.435. The van der Waals surface area contributed by atoms with E-state index < -0.39 is 6.10 Å². The Kier molecular flexibility index (Phi) is 2.94. The molecule has 5 heteroatoms. The number of aliphatic hydroxyl groups excluding tert-OH is 1. The number of rotatable bonds is 2. The van der Waals surface area contributed by atoms with Gasteiger partial charge in [0.25, 0.3) is 0 Å². The molecular weight excluding hydrogens is 244 g/mol. The summed E-state index contributed by atoms with van der Waals surface area (Å²) in [4.78, 5) is 5.73. The van der Waals surface area contributed by atoms with Gasteiger partial charge in [0.05, 0.1) is 15.9 Å². The second kappa shape index (κ2) is 4.27. The molecule has 0 spiro atoms. The molecule has 0 aliphatic carbocycles. The molecule has 0 saturated carbocycles. The van der Waals surface area contributed by atoms with Crippen LogP contribution in [0.1, 0.15) is 11.0 Å². The molecule has 1 N–H and O–H groups in total. The van der Waals surface area contributed by atoms with Crippen molar-refractivity contribution in [3.8, 4) is 0 Å². The average Bonchev–Trinajstić information content (AvgIpc) is 2.76. The van der Waals surface area contributed by atoms with Crippen molar-refractivity contribution in [2.24, 2.45) is 0 Å². The van der Waals surface area contributed by atoms with E-state index in [1.807, 2.05) is 11.4 Å². The van der Waals surface area contributed by atoms with Gasteiger partial charge in [0.1, 0.15) is 6.10 Å². The van der Waals surface area contributed by atoms with Crippen LogP contribution in [-0.2, 0) is 0 Å². The van der Waals surface area contributed by atoms with Gasteiger partial charge in [0, 0.05) is 32.7 Å². The normalized spacial score (nSPS) is 35.2. The van der Waals surface area contributed by atoms with Crippen LogP contribution in [0, 0.1) is 0 Å². The third-order valence-corrected chi connectivity index (χ3v) is 5.03. The Bertz CT molecular complexity index is 376. The summed E-state index contributed by atoms with van der Waals surface area (Å²) in [5.41, 5.74) is 0. The van der Waals surface area contributed by atoms with Crippen molar-refractivity contribution < 1.29 is 5.11 Å². The molecule has 3 saturated heterocycles. The number of halogens is 1. The Hall–Kier alpha value is -0.130. The zero-order chi connectivity index (χ0) is 11.1. The third-order valence-electron chi connectivity index (χ3n) is 3.60. The van der Waals surface area contributed by atoms with Gasteiger partial charge in [0.15, 0.2) is 0 Å². The van der Waals surface area contributed by atoms with Gasteiger partial charge in [-0.1, -0.05) is 11.6 Å². The molecule has 3 aliphatic rings. The first-order valence-electron chi connectivity index (χ1n) is 5.63. The summed E-state index contributed by atoms with van der Waals surface area (Å²) in [6.45, 7) is 5.40. The fraction of sp³-hybridized carbons (Fsp3) is 0.636. The van der Waals surface area contributed by atoms with Crippen LogP contribution in [0.2, 0.25) is 5.02 Å². The van der Waals surface area contributed by atoms with Gasteiger partial charge in [-0.25, -0.2) is 0 Å². The van der Waals surface area contributed by atoms with E-state index in [1.165, 1.54) is 0 Å². The van der Waals surface area contributed by atoms with Crippen LogP contribution in [0.3, 0.4) is 0 Å². The molecule has 4 rings (SSSR count). The second-order valence-corrected chi connectivity index (χ2v) is 5.84. The summed E-state index contributed by atoms with van der Waals surface area (Å²) < 4.78 is 0. The monoisotopic (exact) mass is 258 g/mol. The number of hydrogen-bond donors (Lipinski definition) is 1. The van der Waals surface area contributed by atoms with Gasteiger partial charge in [0.2, 0.25) is 0 Å². The number of aliphatic hydroxyl groups is 1. The number of fused-ring (bicyclic) bond motifs is 3. The van der Waals surface area contributed by atoms with E-state index in [4.69, 9.17) is 11.6 Å². The van der Waals surface area contributed by atoms with E-state index in [0.717, 1.165) is 37.6 Å². The first-order valence-corrected chi connectivity index (χ1v) is 6.89. The van der Waals surface area contributed by atoms with Crippen LogP contribution in [0.25, 0.3) is 0 Å². The SMILES string of the molecule is OC(c1sccc1Cl)C1CN2CCN1CC2. The van der Waals surface area contributed by atoms with Gasteiger partial charge in [-0.05, 0) is 11.4 Å². The maximum absolute atomic E-state index is 10.4. The van der Waals surface area contributed by atoms with Crippen molar-refractivity contribution in [2.45, 2.75) is 12.1 Å². The molecule has 3 fully saturated rings. The van der Waals surface area contributed by atoms with Crippen molar-refractivity contribution >= 4 is 22.9 Å². The number of hydrogen-bond acceptors (Lipinski definition) is 4. The highest BCUT2D eigenvalue weighted by Gasteiger charge is 2.37. The van der Waals surface area contributed by atoms with Crippen molar-refractivity contribution in [3.05, 3.63) is 21.3 Å². The number of piperazine rings is 3. The fourth-order valence-corrected chi connectivity index (χ4v) is 3.86. The van der Waals surface area contributed by atoms with Gasteiger partial charge < -0.3 is 5.11 Å². The van der Waals surface area contributed by atoms with Crippen LogP contribution in [0.15, 0.2) is 11.4 Å². The molecule has 0 aromatic carbocycles. The van der Waals surface area contributed by atoms with Gasteiger partial charge in [-0.3, -0.25) is 9.80 Å². The molecule has 88 valence electrons. The van der Waals surface area contributed by atoms with Gasteiger partial charge in [-0.2, -0.15) is 0 Å². The van der Waals surface area contributed by atoms with Crippen molar-refractivity contribution in [3.63, 3.8) is 0 Å². The van der Waals surface area contributed by atoms with E-state index in [-0.39, 0.29) is 6.04 Å². The third kappa shape index (κ3) is 1.79. The molecule has 1 aromatic heterocycles. The summed E-state index contributed by atoms with van der Waals surface area (Å²) >= 11 is 7.63. The molecule has 16 heavy (non-hydrogen) atoms. The van der Waals surface area contributed by atoms with Gasteiger partial charge in [-0.15, -0.1) is 11.3 Å². The Balaban J connectivity index is 1.80. The van der Waals surface area contributed by atoms with E-state index in [2.05, 4.69) is 9.80 Å². The number of thiophene rings is 1. The molecule has 2 atom stereocenters. The Morgan fingerprint density at radius 3 is 2.62 bits per heavy atom. The zero-order valence-corrected chi connectivity index (χ0v) is 10.5. The highest BCUT2D eigenvalue weighted by molar-refractivity contribution is 7.10. The van der Waals surface area contributed by atoms with E-state index in [1.54, 1.807) is 11.3 Å². The summed E-state index contributed by atoms with van der Waals surface area (Å²) in [5, 5.41) is 13.0. The molecule has 4 heterocycles. The Morgan fingerprint density at radius 2 is 2.12 bits per heavy atom. The first kappa shape index (κ1) is 11.0. The summed E-state index contributed by atoms with van der Waals surface area (Å²) in [6, 6.07) is 2.08. The fourth-order valence-electron chi connectivity index (χ4n) is 2.65. The lowest BCUT2D eigenvalue weighted by molar-refractivity contribution is -0.0458. The van der Waals surface area contributed by atoms with E-state index in [9.17, 15) is 5.11 Å². The Labute approximate surface area is 104 Å². The van der Waals surface area contributed by atoms with E-state index >= 15 is 0 Å².